The third kappa shape index (κ3) is 4.18. The van der Waals surface area contributed by atoms with Crippen LogP contribution in [-0.4, -0.2) is 15.9 Å². The second kappa shape index (κ2) is 7.70. The Morgan fingerprint density at radius 2 is 1.88 bits per heavy atom. The lowest BCUT2D eigenvalue weighted by molar-refractivity contribution is 0.102. The van der Waals surface area contributed by atoms with Gasteiger partial charge in [-0.1, -0.05) is 12.1 Å². The maximum absolute atomic E-state index is 12.4. The quantitative estimate of drug-likeness (QED) is 0.750. The van der Waals surface area contributed by atoms with Gasteiger partial charge in [0.15, 0.2) is 0 Å². The third-order valence-electron chi connectivity index (χ3n) is 3.54. The van der Waals surface area contributed by atoms with Crippen molar-refractivity contribution >= 4 is 17.3 Å². The van der Waals surface area contributed by atoms with Gasteiger partial charge in [0.25, 0.3) is 5.91 Å². The van der Waals surface area contributed by atoms with Crippen molar-refractivity contribution in [3.05, 3.63) is 83.9 Å². The number of rotatable bonds is 5. The van der Waals surface area contributed by atoms with E-state index in [0.29, 0.717) is 23.4 Å². The Bertz CT molecular complexity index is 918. The summed E-state index contributed by atoms with van der Waals surface area (Å²) >= 11 is 0. The Balaban J connectivity index is 1.70. The van der Waals surface area contributed by atoms with Crippen molar-refractivity contribution in [1.82, 2.24) is 9.97 Å². The van der Waals surface area contributed by atoms with Gasteiger partial charge in [0, 0.05) is 31.3 Å². The first-order chi connectivity index (χ1) is 12.3. The molecule has 3 aromatic rings. The van der Waals surface area contributed by atoms with E-state index in [0.717, 1.165) is 11.3 Å². The number of nitrogens with zero attached hydrogens (tertiary/aromatic N) is 3. The van der Waals surface area contributed by atoms with Gasteiger partial charge in [0.1, 0.15) is 6.07 Å². The molecule has 6 heteroatoms. The molecule has 0 aliphatic rings. The number of aromatic nitrogens is 2. The number of hydrogen-bond donors (Lipinski definition) is 2. The third-order valence-corrected chi connectivity index (χ3v) is 3.54. The fourth-order valence-corrected chi connectivity index (χ4v) is 2.25. The summed E-state index contributed by atoms with van der Waals surface area (Å²) in [6.07, 6.45) is 6.60. The minimum Gasteiger partial charge on any atom is -0.380 e. The standard InChI is InChI=1S/C19H15N5O/c20-10-15-3-1-2-4-18(15)24-19(25)16-9-17(13-22-12-16)23-11-14-5-7-21-8-6-14/h1-9,12-13,23H,11H2,(H,24,25). The Morgan fingerprint density at radius 1 is 1.08 bits per heavy atom. The molecule has 3 rings (SSSR count). The molecule has 6 nitrogen and oxygen atoms in total. The van der Waals surface area contributed by atoms with Crippen LogP contribution in [0.2, 0.25) is 0 Å². The zero-order chi connectivity index (χ0) is 17.5. The minimum atomic E-state index is -0.317. The van der Waals surface area contributed by atoms with Crippen molar-refractivity contribution in [2.45, 2.75) is 6.54 Å². The van der Waals surface area contributed by atoms with Crippen molar-refractivity contribution in [3.63, 3.8) is 0 Å². The lowest BCUT2D eigenvalue weighted by atomic mass is 10.2. The zero-order valence-electron chi connectivity index (χ0n) is 13.3. The summed E-state index contributed by atoms with van der Waals surface area (Å²) in [5, 5.41) is 15.1. The van der Waals surface area contributed by atoms with E-state index < -0.39 is 0 Å². The number of nitriles is 1. The van der Waals surface area contributed by atoms with Crippen molar-refractivity contribution in [2.75, 3.05) is 10.6 Å². The number of nitrogens with one attached hydrogen (secondary N) is 2. The molecular formula is C19H15N5O. The highest BCUT2D eigenvalue weighted by molar-refractivity contribution is 6.05. The molecule has 2 heterocycles. The molecule has 2 N–H and O–H groups in total. The van der Waals surface area contributed by atoms with Crippen molar-refractivity contribution in [2.24, 2.45) is 0 Å². The van der Waals surface area contributed by atoms with Crippen LogP contribution in [0.5, 0.6) is 0 Å². The van der Waals surface area contributed by atoms with Crippen LogP contribution in [0.25, 0.3) is 0 Å². The maximum atomic E-state index is 12.4. The Morgan fingerprint density at radius 3 is 2.68 bits per heavy atom. The summed E-state index contributed by atoms with van der Waals surface area (Å²) in [6.45, 7) is 0.604. The van der Waals surface area contributed by atoms with Gasteiger partial charge in [-0.2, -0.15) is 5.26 Å². The molecule has 0 unspecified atom stereocenters. The molecule has 1 aromatic carbocycles. The molecule has 0 fully saturated rings. The monoisotopic (exact) mass is 329 g/mol. The number of hydrogen-bond acceptors (Lipinski definition) is 5. The first-order valence-corrected chi connectivity index (χ1v) is 7.64. The molecular weight excluding hydrogens is 314 g/mol. The normalized spacial score (nSPS) is 9.88. The van der Waals surface area contributed by atoms with Crippen LogP contribution in [0, 0.1) is 11.3 Å². The molecule has 0 saturated heterocycles. The summed E-state index contributed by atoms with van der Waals surface area (Å²) in [5.74, 6) is -0.317. The average Bonchev–Trinajstić information content (AvgIpc) is 2.68. The second-order valence-electron chi connectivity index (χ2n) is 5.28. The Kier molecular flexibility index (Phi) is 4.98. The number of para-hydroxylation sites is 1. The molecule has 0 spiro atoms. The van der Waals surface area contributed by atoms with E-state index >= 15 is 0 Å². The molecule has 1 amide bonds. The summed E-state index contributed by atoms with van der Waals surface area (Å²) in [4.78, 5) is 20.5. The van der Waals surface area contributed by atoms with Gasteiger partial charge in [-0.15, -0.1) is 0 Å². The fourth-order valence-electron chi connectivity index (χ4n) is 2.25. The van der Waals surface area contributed by atoms with Crippen molar-refractivity contribution < 1.29 is 4.79 Å². The van der Waals surface area contributed by atoms with E-state index in [2.05, 4.69) is 26.7 Å². The number of pyridine rings is 2. The number of amides is 1. The first-order valence-electron chi connectivity index (χ1n) is 7.64. The molecule has 25 heavy (non-hydrogen) atoms. The summed E-state index contributed by atoms with van der Waals surface area (Å²) in [5.41, 5.74) is 3.11. The molecule has 122 valence electrons. The van der Waals surface area contributed by atoms with E-state index in [9.17, 15) is 4.79 Å². The van der Waals surface area contributed by atoms with E-state index in [1.807, 2.05) is 12.1 Å². The molecule has 0 atom stereocenters. The molecule has 0 aliphatic heterocycles. The van der Waals surface area contributed by atoms with Gasteiger partial charge in [0.2, 0.25) is 0 Å². The van der Waals surface area contributed by atoms with Crippen LogP contribution < -0.4 is 10.6 Å². The van der Waals surface area contributed by atoms with E-state index in [-0.39, 0.29) is 5.91 Å². The summed E-state index contributed by atoms with van der Waals surface area (Å²) < 4.78 is 0. The number of benzene rings is 1. The number of carbonyl (C=O) groups is 1. The lowest BCUT2D eigenvalue weighted by Crippen LogP contribution is -2.13. The van der Waals surface area contributed by atoms with Gasteiger partial charge in [-0.3, -0.25) is 14.8 Å². The maximum Gasteiger partial charge on any atom is 0.257 e. The lowest BCUT2D eigenvalue weighted by Gasteiger charge is -2.09. The highest BCUT2D eigenvalue weighted by atomic mass is 16.1. The van der Waals surface area contributed by atoms with Gasteiger partial charge in [-0.25, -0.2) is 0 Å². The van der Waals surface area contributed by atoms with E-state index in [4.69, 9.17) is 5.26 Å². The van der Waals surface area contributed by atoms with Gasteiger partial charge in [0.05, 0.1) is 22.5 Å². The molecule has 0 saturated carbocycles. The Labute approximate surface area is 145 Å². The minimum absolute atomic E-state index is 0.317. The predicted octanol–water partition coefficient (Wildman–Crippen LogP) is 3.21. The molecule has 2 aromatic heterocycles. The first kappa shape index (κ1) is 16.1. The molecule has 0 aliphatic carbocycles. The predicted molar refractivity (Wildman–Crippen MR) is 94.9 cm³/mol. The van der Waals surface area contributed by atoms with Crippen LogP contribution in [0.1, 0.15) is 21.5 Å². The fraction of sp³-hybridized carbons (Fsp3) is 0.0526. The summed E-state index contributed by atoms with van der Waals surface area (Å²) in [7, 11) is 0. The largest absolute Gasteiger partial charge is 0.380 e. The Hall–Kier alpha value is -3.72. The molecule has 0 bridgehead atoms. The van der Waals surface area contributed by atoms with E-state index in [1.165, 1.54) is 6.20 Å². The van der Waals surface area contributed by atoms with Crippen molar-refractivity contribution in [3.8, 4) is 6.07 Å². The topological polar surface area (TPSA) is 90.7 Å². The smallest absolute Gasteiger partial charge is 0.257 e. The van der Waals surface area contributed by atoms with Crippen LogP contribution in [0.3, 0.4) is 0 Å². The van der Waals surface area contributed by atoms with Crippen LogP contribution in [0.15, 0.2) is 67.3 Å². The van der Waals surface area contributed by atoms with Crippen molar-refractivity contribution in [1.29, 1.82) is 5.26 Å². The van der Waals surface area contributed by atoms with Crippen LogP contribution in [0.4, 0.5) is 11.4 Å². The number of anilines is 2. The zero-order valence-corrected chi connectivity index (χ0v) is 13.3. The van der Waals surface area contributed by atoms with Gasteiger partial charge >= 0.3 is 0 Å². The highest BCUT2D eigenvalue weighted by Crippen LogP contribution is 2.16. The SMILES string of the molecule is N#Cc1ccccc1NC(=O)c1cncc(NCc2ccncc2)c1. The second-order valence-corrected chi connectivity index (χ2v) is 5.28. The van der Waals surface area contributed by atoms with Crippen LogP contribution in [-0.2, 0) is 6.54 Å². The van der Waals surface area contributed by atoms with Crippen LogP contribution >= 0.6 is 0 Å². The summed E-state index contributed by atoms with van der Waals surface area (Å²) in [6, 6.07) is 14.5. The number of carbonyl (C=O) groups excluding carboxylic acids is 1. The van der Waals surface area contributed by atoms with Gasteiger partial charge in [-0.05, 0) is 35.9 Å². The molecule has 0 radical (unpaired) electrons. The van der Waals surface area contributed by atoms with Gasteiger partial charge < -0.3 is 10.6 Å². The highest BCUT2D eigenvalue weighted by Gasteiger charge is 2.10. The van der Waals surface area contributed by atoms with E-state index in [1.54, 1.807) is 48.9 Å². The average molecular weight is 329 g/mol.